The average molecular weight is 214 g/mol. The smallest absolute Gasteiger partial charge is 0.335 e. The number of hydrogen-bond donors (Lipinski definition) is 4. The molecule has 6 heteroatoms. The molecule has 0 aromatic heterocycles. The van der Waals surface area contributed by atoms with Crippen LogP contribution in [0.25, 0.3) is 0 Å². The molecule has 1 aromatic rings. The van der Waals surface area contributed by atoms with Gasteiger partial charge < -0.3 is 22.5 Å². The molecule has 0 aliphatic rings. The van der Waals surface area contributed by atoms with E-state index in [9.17, 15) is 9.59 Å². The van der Waals surface area contributed by atoms with E-state index >= 15 is 0 Å². The van der Waals surface area contributed by atoms with E-state index in [0.29, 0.717) is 5.56 Å². The number of carboxylic acid groups (broad SMARTS) is 2. The van der Waals surface area contributed by atoms with Gasteiger partial charge >= 0.3 is 11.9 Å². The van der Waals surface area contributed by atoms with Crippen molar-refractivity contribution < 1.29 is 19.8 Å². The Morgan fingerprint density at radius 3 is 1.93 bits per heavy atom. The first-order chi connectivity index (χ1) is 6.02. The minimum absolute atomic E-state index is 0. The lowest BCUT2D eigenvalue weighted by atomic mass is 10.1. The maximum Gasteiger partial charge on any atom is 0.335 e. The molecule has 15 heavy (non-hydrogen) atoms. The molecule has 0 heterocycles. The summed E-state index contributed by atoms with van der Waals surface area (Å²) in [4.78, 5) is 21.0. The molecule has 84 valence electrons. The van der Waals surface area contributed by atoms with Crippen molar-refractivity contribution in [3.63, 3.8) is 0 Å². The minimum Gasteiger partial charge on any atom is -0.478 e. The van der Waals surface area contributed by atoms with Crippen molar-refractivity contribution in [1.29, 1.82) is 0 Å². The van der Waals surface area contributed by atoms with Crippen LogP contribution in [0.15, 0.2) is 18.2 Å². The highest BCUT2D eigenvalue weighted by atomic mass is 16.4. The van der Waals surface area contributed by atoms with Gasteiger partial charge in [0.25, 0.3) is 0 Å². The van der Waals surface area contributed by atoms with Crippen LogP contribution in [0.4, 0.5) is 0 Å². The van der Waals surface area contributed by atoms with E-state index in [2.05, 4.69) is 0 Å². The number of benzene rings is 1. The molecule has 0 unspecified atom stereocenters. The SMILES string of the molecule is Cc1cc(C(=O)O)ccc1C(=O)O.N.N. The first-order valence-corrected chi connectivity index (χ1v) is 3.59. The van der Waals surface area contributed by atoms with Gasteiger partial charge in [0.05, 0.1) is 11.1 Å². The molecular weight excluding hydrogens is 200 g/mol. The molecule has 0 atom stereocenters. The van der Waals surface area contributed by atoms with Crippen molar-refractivity contribution in [3.05, 3.63) is 34.9 Å². The second-order valence-corrected chi connectivity index (χ2v) is 2.64. The van der Waals surface area contributed by atoms with Crippen LogP contribution in [0.5, 0.6) is 0 Å². The molecule has 0 spiro atoms. The summed E-state index contributed by atoms with van der Waals surface area (Å²) in [5.41, 5.74) is 0.680. The Kier molecular flexibility index (Phi) is 5.94. The number of aromatic carboxylic acids is 2. The van der Waals surface area contributed by atoms with Crippen LogP contribution in [0.3, 0.4) is 0 Å². The molecule has 0 fully saturated rings. The lowest BCUT2D eigenvalue weighted by molar-refractivity contribution is 0.0680. The summed E-state index contributed by atoms with van der Waals surface area (Å²) in [6, 6.07) is 3.91. The van der Waals surface area contributed by atoms with E-state index in [1.807, 2.05) is 0 Å². The monoisotopic (exact) mass is 214 g/mol. The van der Waals surface area contributed by atoms with E-state index in [4.69, 9.17) is 10.2 Å². The molecule has 0 saturated heterocycles. The van der Waals surface area contributed by atoms with Gasteiger partial charge in [-0.1, -0.05) is 0 Å². The highest BCUT2D eigenvalue weighted by Gasteiger charge is 2.09. The molecule has 0 bridgehead atoms. The lowest BCUT2D eigenvalue weighted by Gasteiger charge is -2.01. The fourth-order valence-corrected chi connectivity index (χ4v) is 1.04. The van der Waals surface area contributed by atoms with Gasteiger partial charge in [0, 0.05) is 0 Å². The molecular formula is C9H14N2O4. The molecule has 8 N–H and O–H groups in total. The predicted octanol–water partition coefficient (Wildman–Crippen LogP) is 1.72. The summed E-state index contributed by atoms with van der Waals surface area (Å²) in [6.45, 7) is 1.57. The fourth-order valence-electron chi connectivity index (χ4n) is 1.04. The Hall–Kier alpha value is -1.92. The first kappa shape index (κ1) is 15.5. The van der Waals surface area contributed by atoms with Crippen molar-refractivity contribution in [2.45, 2.75) is 6.92 Å². The largest absolute Gasteiger partial charge is 0.478 e. The van der Waals surface area contributed by atoms with Crippen LogP contribution in [-0.2, 0) is 0 Å². The molecule has 6 nitrogen and oxygen atoms in total. The maximum absolute atomic E-state index is 10.6. The molecule has 0 radical (unpaired) electrons. The topological polar surface area (TPSA) is 145 Å². The fraction of sp³-hybridized carbons (Fsp3) is 0.111. The second kappa shape index (κ2) is 5.74. The zero-order valence-electron chi connectivity index (χ0n) is 8.36. The van der Waals surface area contributed by atoms with Crippen molar-refractivity contribution >= 4 is 11.9 Å². The summed E-state index contributed by atoms with van der Waals surface area (Å²) in [7, 11) is 0. The second-order valence-electron chi connectivity index (χ2n) is 2.64. The molecule has 1 aromatic carbocycles. The number of hydrogen-bond acceptors (Lipinski definition) is 4. The third-order valence-electron chi connectivity index (χ3n) is 1.70. The summed E-state index contributed by atoms with van der Waals surface area (Å²) in [6.07, 6.45) is 0. The predicted molar refractivity (Wildman–Crippen MR) is 55.1 cm³/mol. The van der Waals surface area contributed by atoms with Crippen molar-refractivity contribution in [2.24, 2.45) is 0 Å². The standard InChI is InChI=1S/C9H8O4.2H3N/c1-5-4-6(8(10)11)2-3-7(5)9(12)13;;/h2-4H,1H3,(H,10,11)(H,12,13);2*1H3. The van der Waals surface area contributed by atoms with Gasteiger partial charge in [0.2, 0.25) is 0 Å². The quantitative estimate of drug-likeness (QED) is 0.589. The van der Waals surface area contributed by atoms with Crippen LogP contribution in [-0.4, -0.2) is 22.2 Å². The summed E-state index contributed by atoms with van der Waals surface area (Å²) in [5, 5.41) is 17.2. The Morgan fingerprint density at radius 2 is 1.60 bits per heavy atom. The summed E-state index contributed by atoms with van der Waals surface area (Å²) in [5.74, 6) is -2.10. The van der Waals surface area contributed by atoms with Crippen LogP contribution in [0.1, 0.15) is 26.3 Å². The van der Waals surface area contributed by atoms with E-state index in [1.54, 1.807) is 6.92 Å². The average Bonchev–Trinajstić information content (AvgIpc) is 2.03. The van der Waals surface area contributed by atoms with Gasteiger partial charge in [-0.2, -0.15) is 0 Å². The Balaban J connectivity index is 0. The highest BCUT2D eigenvalue weighted by molar-refractivity contribution is 5.93. The molecule has 0 amide bonds. The van der Waals surface area contributed by atoms with Crippen molar-refractivity contribution in [3.8, 4) is 0 Å². The zero-order chi connectivity index (χ0) is 10.0. The minimum atomic E-state index is -1.06. The Labute approximate surface area is 86.7 Å². The van der Waals surface area contributed by atoms with E-state index in [1.165, 1.54) is 18.2 Å². The number of carbonyl (C=O) groups is 2. The number of rotatable bonds is 2. The third kappa shape index (κ3) is 3.37. The van der Waals surface area contributed by atoms with Gasteiger partial charge in [0.15, 0.2) is 0 Å². The van der Waals surface area contributed by atoms with Crippen LogP contribution in [0.2, 0.25) is 0 Å². The van der Waals surface area contributed by atoms with Gasteiger partial charge in [0.1, 0.15) is 0 Å². The number of carboxylic acids is 2. The van der Waals surface area contributed by atoms with Gasteiger partial charge in [-0.25, -0.2) is 9.59 Å². The Morgan fingerprint density at radius 1 is 1.07 bits per heavy atom. The molecule has 0 aliphatic heterocycles. The van der Waals surface area contributed by atoms with Crippen LogP contribution in [0, 0.1) is 6.92 Å². The van der Waals surface area contributed by atoms with Crippen molar-refractivity contribution in [2.75, 3.05) is 0 Å². The van der Waals surface area contributed by atoms with Crippen LogP contribution < -0.4 is 12.3 Å². The van der Waals surface area contributed by atoms with E-state index in [0.717, 1.165) is 0 Å². The molecule has 0 saturated carbocycles. The van der Waals surface area contributed by atoms with Crippen LogP contribution >= 0.6 is 0 Å². The number of aryl methyl sites for hydroxylation is 1. The van der Waals surface area contributed by atoms with Crippen molar-refractivity contribution in [1.82, 2.24) is 12.3 Å². The summed E-state index contributed by atoms with van der Waals surface area (Å²) >= 11 is 0. The van der Waals surface area contributed by atoms with E-state index in [-0.39, 0.29) is 23.4 Å². The first-order valence-electron chi connectivity index (χ1n) is 3.59. The highest BCUT2D eigenvalue weighted by Crippen LogP contribution is 2.10. The maximum atomic E-state index is 10.6. The lowest BCUT2D eigenvalue weighted by Crippen LogP contribution is -2.03. The van der Waals surface area contributed by atoms with Gasteiger partial charge in [-0.05, 0) is 30.7 Å². The molecule has 1 rings (SSSR count). The zero-order valence-corrected chi connectivity index (χ0v) is 8.36. The summed E-state index contributed by atoms with van der Waals surface area (Å²) < 4.78 is 0. The van der Waals surface area contributed by atoms with Gasteiger partial charge in [-0.15, -0.1) is 0 Å². The molecule has 0 aliphatic carbocycles. The van der Waals surface area contributed by atoms with E-state index < -0.39 is 11.9 Å². The Bertz CT molecular complexity index is 376. The normalized spacial score (nSPS) is 8.33. The third-order valence-corrected chi connectivity index (χ3v) is 1.70. The van der Waals surface area contributed by atoms with Gasteiger partial charge in [-0.3, -0.25) is 0 Å².